The normalized spacial score (nSPS) is 17.1. The third kappa shape index (κ3) is 3.58. The maximum Gasteiger partial charge on any atom is 0.258 e. The third-order valence-corrected chi connectivity index (χ3v) is 6.52. The molecule has 6 heteroatoms. The molecular weight excluding hydrogens is 360 g/mol. The quantitative estimate of drug-likeness (QED) is 0.815. The van der Waals surface area contributed by atoms with Crippen LogP contribution in [-0.4, -0.2) is 40.2 Å². The number of sulfone groups is 1. The summed E-state index contributed by atoms with van der Waals surface area (Å²) in [7, 11) is -3.35. The number of benzene rings is 2. The highest BCUT2D eigenvalue weighted by atomic mass is 32.2. The molecule has 0 N–H and O–H groups in total. The number of aryl methyl sites for hydroxylation is 1. The van der Waals surface area contributed by atoms with Gasteiger partial charge in [0.05, 0.1) is 4.90 Å². The van der Waals surface area contributed by atoms with Gasteiger partial charge in [0.25, 0.3) is 5.91 Å². The molecule has 0 radical (unpaired) electrons. The van der Waals surface area contributed by atoms with Crippen LogP contribution in [0.4, 0.5) is 11.4 Å². The maximum absolute atomic E-state index is 13.2. The Hall–Kier alpha value is -2.34. The van der Waals surface area contributed by atoms with Gasteiger partial charge in [-0.3, -0.25) is 4.79 Å². The van der Waals surface area contributed by atoms with Gasteiger partial charge in [0.2, 0.25) is 0 Å². The summed E-state index contributed by atoms with van der Waals surface area (Å²) in [5, 5.41) is 0. The Morgan fingerprint density at radius 3 is 2.48 bits per heavy atom. The minimum atomic E-state index is -3.35. The van der Waals surface area contributed by atoms with Gasteiger partial charge in [-0.2, -0.15) is 0 Å². The first-order valence-electron chi connectivity index (χ1n) is 9.43. The van der Waals surface area contributed by atoms with E-state index in [1.807, 2.05) is 0 Å². The summed E-state index contributed by atoms with van der Waals surface area (Å²) in [5.41, 5.74) is 3.71. The van der Waals surface area contributed by atoms with Crippen molar-refractivity contribution in [3.8, 4) is 0 Å². The smallest absolute Gasteiger partial charge is 0.258 e. The number of hydrogen-bond acceptors (Lipinski definition) is 4. The molecule has 5 nitrogen and oxygen atoms in total. The summed E-state index contributed by atoms with van der Waals surface area (Å²) in [6.45, 7) is 2.77. The van der Waals surface area contributed by atoms with Crippen LogP contribution < -0.4 is 9.80 Å². The molecule has 2 aliphatic rings. The van der Waals surface area contributed by atoms with Crippen LogP contribution in [0.3, 0.4) is 0 Å². The second-order valence-electron chi connectivity index (χ2n) is 7.37. The molecule has 4 rings (SSSR count). The second-order valence-corrected chi connectivity index (χ2v) is 9.38. The zero-order valence-electron chi connectivity index (χ0n) is 15.5. The van der Waals surface area contributed by atoms with Crippen molar-refractivity contribution in [1.82, 2.24) is 0 Å². The predicted octanol–water partition coefficient (Wildman–Crippen LogP) is 3.28. The topological polar surface area (TPSA) is 57.7 Å². The van der Waals surface area contributed by atoms with E-state index in [0.717, 1.165) is 43.6 Å². The van der Waals surface area contributed by atoms with Crippen LogP contribution in [0.1, 0.15) is 35.2 Å². The predicted molar refractivity (Wildman–Crippen MR) is 107 cm³/mol. The molecule has 2 aromatic carbocycles. The van der Waals surface area contributed by atoms with Crippen LogP contribution in [0.5, 0.6) is 0 Å². The summed E-state index contributed by atoms with van der Waals surface area (Å²) in [5.74, 6) is -0.139. The Labute approximate surface area is 160 Å². The van der Waals surface area contributed by atoms with E-state index < -0.39 is 9.84 Å². The lowest BCUT2D eigenvalue weighted by atomic mass is 10.00. The molecule has 0 aromatic heterocycles. The average molecular weight is 385 g/mol. The first kappa shape index (κ1) is 18.0. The molecule has 1 saturated heterocycles. The molecule has 0 unspecified atom stereocenters. The van der Waals surface area contributed by atoms with Gasteiger partial charge in [-0.1, -0.05) is 12.1 Å². The van der Waals surface area contributed by atoms with Gasteiger partial charge in [-0.15, -0.1) is 0 Å². The van der Waals surface area contributed by atoms with Crippen molar-refractivity contribution in [2.45, 2.75) is 30.6 Å². The molecular formula is C21H24N2O3S. The Morgan fingerprint density at radius 1 is 0.963 bits per heavy atom. The highest BCUT2D eigenvalue weighted by Crippen LogP contribution is 2.33. The molecule has 0 atom stereocenters. The van der Waals surface area contributed by atoms with Crippen molar-refractivity contribution in [3.63, 3.8) is 0 Å². The van der Waals surface area contributed by atoms with Gasteiger partial charge in [0.1, 0.15) is 0 Å². The van der Waals surface area contributed by atoms with Gasteiger partial charge >= 0.3 is 0 Å². The van der Waals surface area contributed by atoms with Gasteiger partial charge in [0, 0.05) is 42.8 Å². The van der Waals surface area contributed by atoms with E-state index in [1.165, 1.54) is 30.5 Å². The fourth-order valence-corrected chi connectivity index (χ4v) is 4.63. The molecule has 2 aromatic rings. The molecule has 1 amide bonds. The maximum atomic E-state index is 13.2. The van der Waals surface area contributed by atoms with Crippen LogP contribution >= 0.6 is 0 Å². The van der Waals surface area contributed by atoms with Gasteiger partial charge in [0.15, 0.2) is 9.84 Å². The lowest BCUT2D eigenvalue weighted by molar-refractivity contribution is 0.0985. The van der Waals surface area contributed by atoms with Crippen molar-refractivity contribution >= 4 is 27.1 Å². The molecule has 2 aliphatic heterocycles. The Bertz CT molecular complexity index is 979. The van der Waals surface area contributed by atoms with Crippen LogP contribution in [-0.2, 0) is 16.3 Å². The van der Waals surface area contributed by atoms with Crippen LogP contribution in [0.15, 0.2) is 47.4 Å². The van der Waals surface area contributed by atoms with Crippen molar-refractivity contribution in [2.75, 3.05) is 35.7 Å². The number of carbonyl (C=O) groups excluding carboxylic acids is 1. The average Bonchev–Trinajstić information content (AvgIpc) is 3.21. The van der Waals surface area contributed by atoms with E-state index in [4.69, 9.17) is 0 Å². The molecule has 0 bridgehead atoms. The van der Waals surface area contributed by atoms with Crippen LogP contribution in [0.2, 0.25) is 0 Å². The summed E-state index contributed by atoms with van der Waals surface area (Å²) in [6, 6.07) is 12.7. The highest BCUT2D eigenvalue weighted by molar-refractivity contribution is 7.90. The van der Waals surface area contributed by atoms with Crippen molar-refractivity contribution in [3.05, 3.63) is 53.6 Å². The minimum absolute atomic E-state index is 0.139. The summed E-state index contributed by atoms with van der Waals surface area (Å²) >= 11 is 0. The van der Waals surface area contributed by atoms with Gasteiger partial charge < -0.3 is 9.80 Å². The molecule has 0 saturated carbocycles. The summed E-state index contributed by atoms with van der Waals surface area (Å²) in [6.07, 6.45) is 5.45. The third-order valence-electron chi connectivity index (χ3n) is 5.41. The van der Waals surface area contributed by atoms with E-state index in [2.05, 4.69) is 23.1 Å². The number of rotatable bonds is 3. The minimum Gasteiger partial charge on any atom is -0.371 e. The number of carbonyl (C=O) groups is 1. The van der Waals surface area contributed by atoms with E-state index in [-0.39, 0.29) is 10.8 Å². The zero-order valence-corrected chi connectivity index (χ0v) is 16.3. The van der Waals surface area contributed by atoms with Gasteiger partial charge in [-0.05, 0) is 61.6 Å². The summed E-state index contributed by atoms with van der Waals surface area (Å²) < 4.78 is 23.7. The molecule has 142 valence electrons. The van der Waals surface area contributed by atoms with E-state index in [9.17, 15) is 13.2 Å². The van der Waals surface area contributed by atoms with Crippen LogP contribution in [0.25, 0.3) is 0 Å². The molecule has 27 heavy (non-hydrogen) atoms. The first-order valence-corrected chi connectivity index (χ1v) is 11.3. The van der Waals surface area contributed by atoms with Crippen molar-refractivity contribution < 1.29 is 13.2 Å². The molecule has 0 spiro atoms. The SMILES string of the molecule is CS(=O)(=O)c1cccc(C(=O)N2CCCc3ccc(N4CCCC4)cc32)c1. The zero-order chi connectivity index (χ0) is 19.0. The van der Waals surface area contributed by atoms with E-state index in [0.29, 0.717) is 12.1 Å². The van der Waals surface area contributed by atoms with E-state index in [1.54, 1.807) is 17.0 Å². The monoisotopic (exact) mass is 384 g/mol. The number of hydrogen-bond donors (Lipinski definition) is 0. The number of amides is 1. The standard InChI is InChI=1S/C21H24N2O3S/c1-27(25,26)19-8-4-6-17(14-19)21(24)23-13-5-7-16-9-10-18(15-20(16)23)22-11-2-3-12-22/h4,6,8-10,14-15H,2-3,5,7,11-13H2,1H3. The van der Waals surface area contributed by atoms with Crippen molar-refractivity contribution in [2.24, 2.45) is 0 Å². The Balaban J connectivity index is 1.69. The highest BCUT2D eigenvalue weighted by Gasteiger charge is 2.25. The first-order chi connectivity index (χ1) is 12.9. The molecule has 0 aliphatic carbocycles. The molecule has 1 fully saturated rings. The largest absolute Gasteiger partial charge is 0.371 e. The number of anilines is 2. The Morgan fingerprint density at radius 2 is 1.74 bits per heavy atom. The Kier molecular flexibility index (Phi) is 4.68. The summed E-state index contributed by atoms with van der Waals surface area (Å²) in [4.78, 5) is 17.5. The lowest BCUT2D eigenvalue weighted by Gasteiger charge is -2.31. The lowest BCUT2D eigenvalue weighted by Crippen LogP contribution is -2.35. The fraction of sp³-hybridized carbons (Fsp3) is 0.381. The molecule has 2 heterocycles. The fourth-order valence-electron chi connectivity index (χ4n) is 3.96. The number of fused-ring (bicyclic) bond motifs is 1. The second kappa shape index (κ2) is 7.00. The van der Waals surface area contributed by atoms with Crippen molar-refractivity contribution in [1.29, 1.82) is 0 Å². The number of nitrogens with zero attached hydrogens (tertiary/aromatic N) is 2. The van der Waals surface area contributed by atoms with Crippen LogP contribution in [0, 0.1) is 0 Å². The van der Waals surface area contributed by atoms with E-state index >= 15 is 0 Å². The van der Waals surface area contributed by atoms with Gasteiger partial charge in [-0.25, -0.2) is 8.42 Å².